The van der Waals surface area contributed by atoms with E-state index in [-0.39, 0.29) is 23.6 Å². The molecule has 33 heavy (non-hydrogen) atoms. The smallest absolute Gasteiger partial charge is 0.254 e. The number of carbonyl (C=O) groups excluding carboxylic acids is 3. The highest BCUT2D eigenvalue weighted by molar-refractivity contribution is 5.98. The Morgan fingerprint density at radius 3 is 2.24 bits per heavy atom. The van der Waals surface area contributed by atoms with Gasteiger partial charge in [0, 0.05) is 37.3 Å². The minimum atomic E-state index is -0.563. The maximum atomic E-state index is 13.4. The van der Waals surface area contributed by atoms with Crippen molar-refractivity contribution in [2.24, 2.45) is 5.92 Å². The molecule has 6 heteroatoms. The van der Waals surface area contributed by atoms with Gasteiger partial charge in [-0.15, -0.1) is 0 Å². The van der Waals surface area contributed by atoms with Crippen molar-refractivity contribution in [1.82, 2.24) is 15.1 Å². The highest BCUT2D eigenvalue weighted by atomic mass is 16.2. The van der Waals surface area contributed by atoms with Gasteiger partial charge in [-0.1, -0.05) is 35.9 Å². The van der Waals surface area contributed by atoms with Crippen molar-refractivity contribution in [3.8, 4) is 0 Å². The van der Waals surface area contributed by atoms with Crippen molar-refractivity contribution in [3.63, 3.8) is 0 Å². The molecule has 3 amide bonds. The molecule has 2 aromatic rings. The Labute approximate surface area is 196 Å². The van der Waals surface area contributed by atoms with E-state index in [0.717, 1.165) is 42.6 Å². The molecule has 2 fully saturated rings. The summed E-state index contributed by atoms with van der Waals surface area (Å²) in [6, 6.07) is 14.5. The molecule has 1 atom stereocenters. The van der Waals surface area contributed by atoms with Crippen molar-refractivity contribution in [2.45, 2.75) is 45.6 Å². The Morgan fingerprint density at radius 1 is 0.879 bits per heavy atom. The predicted molar refractivity (Wildman–Crippen MR) is 128 cm³/mol. The zero-order chi connectivity index (χ0) is 23.4. The van der Waals surface area contributed by atoms with Crippen LogP contribution in [0.1, 0.15) is 57.5 Å². The Balaban J connectivity index is 1.47. The fourth-order valence-corrected chi connectivity index (χ4v) is 4.95. The summed E-state index contributed by atoms with van der Waals surface area (Å²) in [5.74, 6) is -0.155. The lowest BCUT2D eigenvalue weighted by atomic mass is 9.87. The fraction of sp³-hybridized carbons (Fsp3) is 0.444. The van der Waals surface area contributed by atoms with Crippen LogP contribution in [0.25, 0.3) is 0 Å². The van der Waals surface area contributed by atoms with E-state index < -0.39 is 6.04 Å². The number of hydrogen-bond donors (Lipinski definition) is 1. The summed E-state index contributed by atoms with van der Waals surface area (Å²) in [6.07, 6.45) is 3.40. The molecule has 1 N–H and O–H groups in total. The normalized spacial score (nSPS) is 17.6. The molecule has 2 aliphatic rings. The zero-order valence-electron chi connectivity index (χ0n) is 19.5. The van der Waals surface area contributed by atoms with Crippen LogP contribution in [0, 0.1) is 19.8 Å². The van der Waals surface area contributed by atoms with Crippen LogP contribution in [0.4, 0.5) is 0 Å². The number of likely N-dealkylation sites (tertiary alicyclic amines) is 2. The Hall–Kier alpha value is -3.15. The quantitative estimate of drug-likeness (QED) is 0.762. The van der Waals surface area contributed by atoms with Crippen molar-refractivity contribution >= 4 is 17.7 Å². The van der Waals surface area contributed by atoms with Gasteiger partial charge in [0.15, 0.2) is 0 Å². The number of nitrogens with one attached hydrogen (secondary N) is 1. The molecule has 2 saturated heterocycles. The molecule has 0 aromatic heterocycles. The summed E-state index contributed by atoms with van der Waals surface area (Å²) in [5, 5.41) is 3.06. The lowest BCUT2D eigenvalue weighted by Gasteiger charge is -2.37. The van der Waals surface area contributed by atoms with Crippen LogP contribution in [0.5, 0.6) is 0 Å². The van der Waals surface area contributed by atoms with E-state index in [9.17, 15) is 14.4 Å². The first-order valence-corrected chi connectivity index (χ1v) is 12.0. The van der Waals surface area contributed by atoms with E-state index in [1.807, 2.05) is 66.1 Å². The van der Waals surface area contributed by atoms with Crippen LogP contribution in [0.2, 0.25) is 0 Å². The van der Waals surface area contributed by atoms with Gasteiger partial charge in [0.2, 0.25) is 5.91 Å². The summed E-state index contributed by atoms with van der Waals surface area (Å²) in [6.45, 7) is 6.57. The van der Waals surface area contributed by atoms with Crippen molar-refractivity contribution in [2.75, 3.05) is 26.2 Å². The first-order valence-electron chi connectivity index (χ1n) is 12.0. The van der Waals surface area contributed by atoms with E-state index in [1.165, 1.54) is 0 Å². The van der Waals surface area contributed by atoms with E-state index in [4.69, 9.17) is 0 Å². The summed E-state index contributed by atoms with van der Waals surface area (Å²) < 4.78 is 0. The van der Waals surface area contributed by atoms with Crippen LogP contribution >= 0.6 is 0 Å². The number of piperidine rings is 1. The zero-order valence-corrected chi connectivity index (χ0v) is 19.5. The molecule has 2 heterocycles. The van der Waals surface area contributed by atoms with Crippen LogP contribution < -0.4 is 5.32 Å². The Morgan fingerprint density at radius 2 is 1.58 bits per heavy atom. The highest BCUT2D eigenvalue weighted by Gasteiger charge is 2.37. The molecular formula is C27H33N3O3. The second kappa shape index (κ2) is 10.2. The molecule has 0 saturated carbocycles. The second-order valence-corrected chi connectivity index (χ2v) is 9.30. The molecule has 0 unspecified atom stereocenters. The highest BCUT2D eigenvalue weighted by Crippen LogP contribution is 2.25. The number of amides is 3. The fourth-order valence-electron chi connectivity index (χ4n) is 4.95. The predicted octanol–water partition coefficient (Wildman–Crippen LogP) is 3.58. The monoisotopic (exact) mass is 447 g/mol. The topological polar surface area (TPSA) is 69.7 Å². The van der Waals surface area contributed by atoms with Gasteiger partial charge in [-0.3, -0.25) is 14.4 Å². The number of aryl methyl sites for hydroxylation is 2. The second-order valence-electron chi connectivity index (χ2n) is 9.30. The average Bonchev–Trinajstić information content (AvgIpc) is 3.37. The molecule has 2 aliphatic heterocycles. The van der Waals surface area contributed by atoms with Crippen molar-refractivity contribution in [3.05, 3.63) is 70.8 Å². The molecule has 6 nitrogen and oxygen atoms in total. The van der Waals surface area contributed by atoms with Gasteiger partial charge in [-0.25, -0.2) is 0 Å². The lowest BCUT2D eigenvalue weighted by Crippen LogP contribution is -2.54. The Kier molecular flexibility index (Phi) is 7.11. The third-order valence-electron chi connectivity index (χ3n) is 6.92. The van der Waals surface area contributed by atoms with Gasteiger partial charge >= 0.3 is 0 Å². The first kappa shape index (κ1) is 23.0. The number of benzene rings is 2. The summed E-state index contributed by atoms with van der Waals surface area (Å²) in [7, 11) is 0. The number of carbonyl (C=O) groups is 3. The van der Waals surface area contributed by atoms with Gasteiger partial charge in [0.25, 0.3) is 11.8 Å². The standard InChI is InChI=1S/C27H33N3O3/c1-19-8-7-10-22(18-19)25(31)28-24(27(33)29-14-5-6-15-29)21-12-16-30(17-13-21)26(32)23-11-4-3-9-20(23)2/h3-4,7-11,18,21,24H,5-6,12-17H2,1-2H3,(H,28,31)/t24-/m1/s1. The average molecular weight is 448 g/mol. The third-order valence-corrected chi connectivity index (χ3v) is 6.92. The molecule has 0 bridgehead atoms. The van der Waals surface area contributed by atoms with Gasteiger partial charge in [0.05, 0.1) is 0 Å². The SMILES string of the molecule is Cc1cccc(C(=O)N[C@@H](C(=O)N2CCCC2)C2CCN(C(=O)c3ccccc3C)CC2)c1. The minimum Gasteiger partial charge on any atom is -0.341 e. The molecule has 0 aliphatic carbocycles. The van der Waals surface area contributed by atoms with Crippen LogP contribution in [-0.4, -0.2) is 59.7 Å². The molecular weight excluding hydrogens is 414 g/mol. The van der Waals surface area contributed by atoms with Crippen molar-refractivity contribution in [1.29, 1.82) is 0 Å². The van der Waals surface area contributed by atoms with Crippen LogP contribution in [0.15, 0.2) is 48.5 Å². The van der Waals surface area contributed by atoms with E-state index in [1.54, 1.807) is 6.07 Å². The van der Waals surface area contributed by atoms with Gasteiger partial charge in [0.1, 0.15) is 6.04 Å². The number of nitrogens with zero attached hydrogens (tertiary/aromatic N) is 2. The maximum Gasteiger partial charge on any atom is 0.254 e. The van der Waals surface area contributed by atoms with Gasteiger partial charge in [-0.05, 0) is 69.2 Å². The molecule has 174 valence electrons. The van der Waals surface area contributed by atoms with Gasteiger partial charge < -0.3 is 15.1 Å². The van der Waals surface area contributed by atoms with E-state index in [0.29, 0.717) is 31.5 Å². The maximum absolute atomic E-state index is 13.4. The van der Waals surface area contributed by atoms with Crippen LogP contribution in [-0.2, 0) is 4.79 Å². The summed E-state index contributed by atoms with van der Waals surface area (Å²) in [5.41, 5.74) is 3.28. The summed E-state index contributed by atoms with van der Waals surface area (Å²) >= 11 is 0. The lowest BCUT2D eigenvalue weighted by molar-refractivity contribution is -0.134. The molecule has 2 aromatic carbocycles. The minimum absolute atomic E-state index is 0.00720. The number of hydrogen-bond acceptors (Lipinski definition) is 3. The molecule has 4 rings (SSSR count). The van der Waals surface area contributed by atoms with Crippen molar-refractivity contribution < 1.29 is 14.4 Å². The third kappa shape index (κ3) is 5.27. The molecule has 0 spiro atoms. The van der Waals surface area contributed by atoms with E-state index >= 15 is 0 Å². The molecule has 0 radical (unpaired) electrons. The van der Waals surface area contributed by atoms with E-state index in [2.05, 4.69) is 5.32 Å². The van der Waals surface area contributed by atoms with Crippen LogP contribution in [0.3, 0.4) is 0 Å². The Bertz CT molecular complexity index is 1020. The number of rotatable bonds is 5. The van der Waals surface area contributed by atoms with Gasteiger partial charge in [-0.2, -0.15) is 0 Å². The summed E-state index contributed by atoms with van der Waals surface area (Å²) in [4.78, 5) is 43.2. The largest absolute Gasteiger partial charge is 0.341 e. The first-order chi connectivity index (χ1) is 15.9.